The molecule has 368 valence electrons. The fourth-order valence-corrected chi connectivity index (χ4v) is 12.1. The Kier molecular flexibility index (Phi) is 16.3. The van der Waals surface area contributed by atoms with Crippen molar-refractivity contribution >= 4 is 5.97 Å². The average molecular weight is 917 g/mol. The van der Waals surface area contributed by atoms with Gasteiger partial charge in [-0.3, -0.25) is 4.79 Å². The summed E-state index contributed by atoms with van der Waals surface area (Å²) in [5, 5.41) is 46.2. The summed E-state index contributed by atoms with van der Waals surface area (Å²) in [6, 6.07) is 0. The third-order valence-corrected chi connectivity index (χ3v) is 15.7. The summed E-state index contributed by atoms with van der Waals surface area (Å²) in [4.78, 5) is 14.5. The van der Waals surface area contributed by atoms with Crippen LogP contribution in [0.4, 0.5) is 0 Å². The van der Waals surface area contributed by atoms with Gasteiger partial charge in [0, 0.05) is 58.2 Å². The molecule has 7 rings (SSSR count). The zero-order valence-corrected chi connectivity index (χ0v) is 40.7. The van der Waals surface area contributed by atoms with Gasteiger partial charge in [-0.05, 0) is 74.5 Å². The van der Waals surface area contributed by atoms with E-state index in [1.54, 1.807) is 20.3 Å². The summed E-state index contributed by atoms with van der Waals surface area (Å²) >= 11 is 0. The van der Waals surface area contributed by atoms with E-state index in [0.717, 1.165) is 11.1 Å². The molecular weight excluding hydrogens is 837 g/mol. The van der Waals surface area contributed by atoms with Gasteiger partial charge in [0.15, 0.2) is 12.1 Å². The van der Waals surface area contributed by atoms with Gasteiger partial charge in [-0.1, -0.05) is 71.9 Å². The summed E-state index contributed by atoms with van der Waals surface area (Å²) < 4.78 is 58.4. The Morgan fingerprint density at radius 2 is 1.62 bits per heavy atom. The molecule has 0 aromatic carbocycles. The predicted molar refractivity (Wildman–Crippen MR) is 241 cm³/mol. The van der Waals surface area contributed by atoms with E-state index in [0.29, 0.717) is 37.7 Å². The predicted octanol–water partition coefficient (Wildman–Crippen LogP) is 5.87. The lowest BCUT2D eigenvalue weighted by Gasteiger charge is -2.51. The van der Waals surface area contributed by atoms with Crippen LogP contribution in [0.5, 0.6) is 0 Å². The van der Waals surface area contributed by atoms with Crippen molar-refractivity contribution in [3.63, 3.8) is 0 Å². The highest BCUT2D eigenvalue weighted by Crippen LogP contribution is 2.50. The maximum atomic E-state index is 14.5. The molecule has 0 aromatic heterocycles. The van der Waals surface area contributed by atoms with E-state index in [1.165, 1.54) is 0 Å². The molecule has 0 amide bonds. The highest BCUT2D eigenvalue weighted by molar-refractivity contribution is 5.76. The monoisotopic (exact) mass is 917 g/mol. The van der Waals surface area contributed by atoms with E-state index in [9.17, 15) is 25.2 Å². The topological polar surface area (TPSA) is 181 Å². The second-order valence-electron chi connectivity index (χ2n) is 21.2. The van der Waals surface area contributed by atoms with Gasteiger partial charge >= 0.3 is 5.97 Å². The number of ether oxygens (including phenoxy) is 9. The first-order valence-corrected chi connectivity index (χ1v) is 24.5. The largest absolute Gasteiger partial charge is 0.462 e. The Morgan fingerprint density at radius 3 is 2.32 bits per heavy atom. The molecule has 5 aliphatic heterocycles. The molecule has 3 unspecified atom stereocenters. The van der Waals surface area contributed by atoms with E-state index >= 15 is 0 Å². The summed E-state index contributed by atoms with van der Waals surface area (Å²) in [5.74, 6) is -3.20. The van der Waals surface area contributed by atoms with Crippen molar-refractivity contribution in [2.45, 2.75) is 211 Å². The maximum Gasteiger partial charge on any atom is 0.312 e. The zero-order valence-electron chi connectivity index (χ0n) is 40.7. The second-order valence-corrected chi connectivity index (χ2v) is 21.2. The summed E-state index contributed by atoms with van der Waals surface area (Å²) in [6.07, 6.45) is 5.75. The fraction of sp³-hybridized carbons (Fsp3) is 0.824. The lowest BCUT2D eigenvalue weighted by Crippen LogP contribution is -2.61. The third kappa shape index (κ3) is 10.7. The minimum absolute atomic E-state index is 0.0213. The SMILES string of the molecule is CO[C@H]1C[C@H](O[C@H]2[C@H](C)O[C@@H](O[C@@H]3/C(C)=C/C[C@@H]4C[C@@H](CC5(C[C@H](O)[C@H](C)C(/C(C)=C/C(C)C)O5)O4)OC(=O)[C@@H]4CC(C)[C@@H](O)[C@H]5OC/C(=C\C=C\[C@@H]3C)[C@]54O)C[C@@H]2OC)C[C@@H](C)[C@@H]1O. The number of aliphatic hydroxyl groups is 4. The van der Waals surface area contributed by atoms with Crippen molar-refractivity contribution in [3.8, 4) is 0 Å². The molecule has 7 aliphatic rings. The van der Waals surface area contributed by atoms with Crippen LogP contribution in [0.15, 0.2) is 47.1 Å². The van der Waals surface area contributed by atoms with Crippen LogP contribution in [0.3, 0.4) is 0 Å². The number of aliphatic hydroxyl groups excluding tert-OH is 3. The molecule has 2 aliphatic carbocycles. The Hall–Kier alpha value is -2.05. The van der Waals surface area contributed by atoms with Crippen LogP contribution >= 0.6 is 0 Å². The molecule has 2 bridgehead atoms. The Balaban J connectivity index is 1.19. The number of allylic oxidation sites excluding steroid dienone is 3. The minimum atomic E-state index is -1.79. The van der Waals surface area contributed by atoms with Gasteiger partial charge < -0.3 is 63.1 Å². The molecule has 4 saturated heterocycles. The summed E-state index contributed by atoms with van der Waals surface area (Å²) in [7, 11) is 3.30. The van der Waals surface area contributed by atoms with E-state index in [4.69, 9.17) is 42.6 Å². The van der Waals surface area contributed by atoms with Gasteiger partial charge in [0.1, 0.15) is 23.9 Å². The zero-order chi connectivity index (χ0) is 47.1. The van der Waals surface area contributed by atoms with Gasteiger partial charge in [-0.25, -0.2) is 0 Å². The van der Waals surface area contributed by atoms with Gasteiger partial charge in [-0.15, -0.1) is 0 Å². The molecule has 0 radical (unpaired) electrons. The van der Waals surface area contributed by atoms with Crippen LogP contribution in [-0.2, 0) is 47.4 Å². The van der Waals surface area contributed by atoms with Gasteiger partial charge in [-0.2, -0.15) is 0 Å². The standard InChI is InChI=1S/C51H80O14/c1-26(2)17-31(7)46-32(8)39(52)24-50(65-46)23-37-20-35(64-50)16-15-28(4)45(27(3)13-12-14-34-25-59-48-44(54)30(6)19-38(49(55)62-37)51(34,48)56)63-42-22-41(58-11)47(33(9)60-42)61-36-18-29(5)43(53)40(21-36)57-10/h12-15,17,26-27,29-30,32-33,35-48,52-54,56H,16,18-25H2,1-11H3/b13-12+,28-15+,31-17+,34-14+/t27-,29+,30?,32-,33-,35+,36+,37-,38-,39-,40-,41-,42-,43-,44+,45-,46?,47-,48+,50?,51+/m0/s1. The normalized spacial score (nSPS) is 49.9. The molecule has 5 heterocycles. The van der Waals surface area contributed by atoms with Crippen molar-refractivity contribution in [1.29, 1.82) is 0 Å². The number of carbonyl (C=O) groups is 1. The Bertz CT molecular complexity index is 1760. The molecule has 14 heteroatoms. The summed E-state index contributed by atoms with van der Waals surface area (Å²) in [6.45, 7) is 18.2. The van der Waals surface area contributed by atoms with Crippen molar-refractivity contribution in [2.24, 2.45) is 35.5 Å². The van der Waals surface area contributed by atoms with Crippen LogP contribution in [0.1, 0.15) is 114 Å². The molecule has 0 aromatic rings. The van der Waals surface area contributed by atoms with E-state index in [-0.39, 0.29) is 86.0 Å². The van der Waals surface area contributed by atoms with E-state index < -0.39 is 78.4 Å². The van der Waals surface area contributed by atoms with E-state index in [2.05, 4.69) is 32.9 Å². The minimum Gasteiger partial charge on any atom is -0.462 e. The first-order valence-electron chi connectivity index (χ1n) is 24.5. The molecule has 4 N–H and O–H groups in total. The number of hydrogen-bond acceptors (Lipinski definition) is 14. The van der Waals surface area contributed by atoms with E-state index in [1.807, 2.05) is 53.7 Å². The fourth-order valence-electron chi connectivity index (χ4n) is 12.1. The Labute approximate surface area is 387 Å². The highest BCUT2D eigenvalue weighted by Gasteiger charge is 2.62. The van der Waals surface area contributed by atoms with Gasteiger partial charge in [0.25, 0.3) is 0 Å². The summed E-state index contributed by atoms with van der Waals surface area (Å²) in [5.41, 5.74) is 0.661. The molecular formula is C51H80O14. The molecule has 65 heavy (non-hydrogen) atoms. The molecule has 6 fully saturated rings. The van der Waals surface area contributed by atoms with Crippen LogP contribution in [0.2, 0.25) is 0 Å². The number of hydrogen-bond donors (Lipinski definition) is 4. The van der Waals surface area contributed by atoms with Crippen LogP contribution < -0.4 is 0 Å². The third-order valence-electron chi connectivity index (χ3n) is 15.7. The van der Waals surface area contributed by atoms with Gasteiger partial charge in [0.05, 0.1) is 73.6 Å². The number of carbonyl (C=O) groups excluding carboxylic acids is 1. The molecule has 21 atom stereocenters. The van der Waals surface area contributed by atoms with Crippen LogP contribution in [-0.4, -0.2) is 144 Å². The first-order chi connectivity index (χ1) is 30.8. The second kappa shape index (κ2) is 20.9. The average Bonchev–Trinajstić information content (AvgIpc) is 3.59. The number of rotatable bonds is 8. The van der Waals surface area contributed by atoms with Crippen LogP contribution in [0, 0.1) is 35.5 Å². The molecule has 14 nitrogen and oxygen atoms in total. The molecule has 1 spiro atoms. The lowest BCUT2D eigenvalue weighted by molar-refractivity contribution is -0.343. The van der Waals surface area contributed by atoms with Crippen molar-refractivity contribution in [2.75, 3.05) is 20.8 Å². The molecule has 2 saturated carbocycles. The van der Waals surface area contributed by atoms with Crippen LogP contribution in [0.25, 0.3) is 0 Å². The quantitative estimate of drug-likeness (QED) is 0.168. The first kappa shape index (κ1) is 50.8. The van der Waals surface area contributed by atoms with Crippen molar-refractivity contribution < 1.29 is 67.9 Å². The number of fused-ring (bicyclic) bond motifs is 2. The lowest BCUT2D eigenvalue weighted by atomic mass is 9.66. The highest BCUT2D eigenvalue weighted by atomic mass is 16.7. The number of esters is 1. The van der Waals surface area contributed by atoms with Crippen molar-refractivity contribution in [1.82, 2.24) is 0 Å². The van der Waals surface area contributed by atoms with Gasteiger partial charge in [0.2, 0.25) is 0 Å². The Morgan fingerprint density at radius 1 is 0.892 bits per heavy atom. The maximum absolute atomic E-state index is 14.5. The number of methoxy groups -OCH3 is 2. The van der Waals surface area contributed by atoms with Crippen molar-refractivity contribution in [3.05, 3.63) is 47.1 Å². The smallest absolute Gasteiger partial charge is 0.312 e.